The first-order chi connectivity index (χ1) is 8.08. The van der Waals surface area contributed by atoms with E-state index in [1.165, 1.54) is 0 Å². The molecular weight excluding hydrogens is 280 g/mol. The smallest absolute Gasteiger partial charge is 0.221 e. The van der Waals surface area contributed by atoms with Crippen LogP contribution in [0.3, 0.4) is 0 Å². The summed E-state index contributed by atoms with van der Waals surface area (Å²) in [6, 6.07) is 6.01. The molecule has 0 fully saturated rings. The third-order valence-electron chi connectivity index (χ3n) is 2.44. The van der Waals surface area contributed by atoms with Gasteiger partial charge in [-0.05, 0) is 41.4 Å². The Hall–Kier alpha value is -1.62. The van der Waals surface area contributed by atoms with Crippen LogP contribution in [0, 0.1) is 13.8 Å². The molecule has 17 heavy (non-hydrogen) atoms. The van der Waals surface area contributed by atoms with Crippen molar-refractivity contribution in [3.8, 4) is 0 Å². The van der Waals surface area contributed by atoms with Crippen LogP contribution < -0.4 is 11.1 Å². The SMILES string of the molecule is Cc1cnc(N)nc1Nc1cccc(C)c1Br. The Labute approximate surface area is 108 Å². The number of aryl methyl sites for hydroxylation is 2. The molecule has 0 saturated heterocycles. The Kier molecular flexibility index (Phi) is 3.28. The molecule has 1 aromatic carbocycles. The summed E-state index contributed by atoms with van der Waals surface area (Å²) < 4.78 is 1.02. The van der Waals surface area contributed by atoms with Crippen molar-refractivity contribution in [1.29, 1.82) is 0 Å². The summed E-state index contributed by atoms with van der Waals surface area (Å²) in [5.41, 5.74) is 8.65. The van der Waals surface area contributed by atoms with Crippen LogP contribution in [0.5, 0.6) is 0 Å². The number of nitrogens with two attached hydrogens (primary N) is 1. The fourth-order valence-corrected chi connectivity index (χ4v) is 1.82. The number of halogens is 1. The molecule has 0 aliphatic carbocycles. The standard InChI is InChI=1S/C12H13BrN4/c1-7-4-3-5-9(10(7)13)16-11-8(2)6-15-12(14)17-11/h3-6H,1-2H3,(H3,14,15,16,17). The predicted molar refractivity (Wildman–Crippen MR) is 73.3 cm³/mol. The molecule has 0 aliphatic heterocycles. The zero-order valence-electron chi connectivity index (χ0n) is 9.66. The van der Waals surface area contributed by atoms with Gasteiger partial charge in [-0.3, -0.25) is 0 Å². The molecule has 0 radical (unpaired) electrons. The van der Waals surface area contributed by atoms with Crippen molar-refractivity contribution in [3.05, 3.63) is 40.0 Å². The van der Waals surface area contributed by atoms with Crippen molar-refractivity contribution in [2.45, 2.75) is 13.8 Å². The van der Waals surface area contributed by atoms with Crippen LogP contribution in [0.25, 0.3) is 0 Å². The lowest BCUT2D eigenvalue weighted by Crippen LogP contribution is -2.02. The Morgan fingerprint density at radius 3 is 2.76 bits per heavy atom. The minimum Gasteiger partial charge on any atom is -0.368 e. The molecule has 5 heteroatoms. The lowest BCUT2D eigenvalue weighted by molar-refractivity contribution is 1.14. The number of aromatic nitrogens is 2. The summed E-state index contributed by atoms with van der Waals surface area (Å²) >= 11 is 3.54. The molecule has 3 N–H and O–H groups in total. The van der Waals surface area contributed by atoms with Crippen molar-refractivity contribution in [2.24, 2.45) is 0 Å². The van der Waals surface area contributed by atoms with Gasteiger partial charge in [0, 0.05) is 16.2 Å². The molecule has 0 atom stereocenters. The van der Waals surface area contributed by atoms with E-state index in [1.54, 1.807) is 6.20 Å². The fourth-order valence-electron chi connectivity index (χ4n) is 1.45. The molecule has 0 unspecified atom stereocenters. The molecule has 0 bridgehead atoms. The van der Waals surface area contributed by atoms with E-state index < -0.39 is 0 Å². The third-order valence-corrected chi connectivity index (χ3v) is 3.49. The van der Waals surface area contributed by atoms with E-state index >= 15 is 0 Å². The highest BCUT2D eigenvalue weighted by Gasteiger charge is 2.06. The average Bonchev–Trinajstić information content (AvgIpc) is 2.30. The summed E-state index contributed by atoms with van der Waals surface area (Å²) in [7, 11) is 0. The second-order valence-electron chi connectivity index (χ2n) is 3.82. The van der Waals surface area contributed by atoms with E-state index in [1.807, 2.05) is 32.0 Å². The molecule has 1 heterocycles. The van der Waals surface area contributed by atoms with Gasteiger partial charge in [-0.1, -0.05) is 12.1 Å². The van der Waals surface area contributed by atoms with Crippen molar-refractivity contribution in [1.82, 2.24) is 9.97 Å². The van der Waals surface area contributed by atoms with Gasteiger partial charge < -0.3 is 11.1 Å². The zero-order chi connectivity index (χ0) is 12.4. The van der Waals surface area contributed by atoms with E-state index in [2.05, 4.69) is 31.2 Å². The minimum atomic E-state index is 0.266. The van der Waals surface area contributed by atoms with Gasteiger partial charge in [-0.25, -0.2) is 4.98 Å². The molecule has 0 saturated carbocycles. The van der Waals surface area contributed by atoms with Crippen LogP contribution in [-0.2, 0) is 0 Å². The topological polar surface area (TPSA) is 63.8 Å². The summed E-state index contributed by atoms with van der Waals surface area (Å²) in [6.07, 6.45) is 1.70. The third kappa shape index (κ3) is 2.55. The Balaban J connectivity index is 2.38. The summed E-state index contributed by atoms with van der Waals surface area (Å²) in [5, 5.41) is 3.24. The number of anilines is 3. The van der Waals surface area contributed by atoms with Crippen LogP contribution in [0.2, 0.25) is 0 Å². The van der Waals surface area contributed by atoms with Crippen molar-refractivity contribution < 1.29 is 0 Å². The highest BCUT2D eigenvalue weighted by Crippen LogP contribution is 2.28. The zero-order valence-corrected chi connectivity index (χ0v) is 11.2. The second-order valence-corrected chi connectivity index (χ2v) is 4.61. The highest BCUT2D eigenvalue weighted by atomic mass is 79.9. The maximum atomic E-state index is 5.58. The van der Waals surface area contributed by atoms with Crippen LogP contribution in [-0.4, -0.2) is 9.97 Å². The molecule has 0 amide bonds. The van der Waals surface area contributed by atoms with Gasteiger partial charge in [-0.15, -0.1) is 0 Å². The number of nitrogens with zero attached hydrogens (tertiary/aromatic N) is 2. The monoisotopic (exact) mass is 292 g/mol. The predicted octanol–water partition coefficient (Wildman–Crippen LogP) is 3.18. The minimum absolute atomic E-state index is 0.266. The van der Waals surface area contributed by atoms with Gasteiger partial charge >= 0.3 is 0 Å². The summed E-state index contributed by atoms with van der Waals surface area (Å²) in [5.74, 6) is 0.991. The number of benzene rings is 1. The van der Waals surface area contributed by atoms with Crippen LogP contribution >= 0.6 is 15.9 Å². The number of nitrogen functional groups attached to an aromatic ring is 1. The first-order valence-corrected chi connectivity index (χ1v) is 5.98. The molecule has 88 valence electrons. The Bertz CT molecular complexity index is 554. The number of hydrogen-bond donors (Lipinski definition) is 2. The quantitative estimate of drug-likeness (QED) is 0.892. The number of rotatable bonds is 2. The molecule has 1 aromatic heterocycles. The lowest BCUT2D eigenvalue weighted by atomic mass is 10.2. The van der Waals surface area contributed by atoms with Crippen molar-refractivity contribution >= 4 is 33.4 Å². The van der Waals surface area contributed by atoms with Crippen LogP contribution in [0.1, 0.15) is 11.1 Å². The van der Waals surface area contributed by atoms with Gasteiger partial charge in [-0.2, -0.15) is 4.98 Å². The first-order valence-electron chi connectivity index (χ1n) is 5.19. The highest BCUT2D eigenvalue weighted by molar-refractivity contribution is 9.10. The fraction of sp³-hybridized carbons (Fsp3) is 0.167. The van der Waals surface area contributed by atoms with Gasteiger partial charge in [0.1, 0.15) is 5.82 Å². The molecule has 2 rings (SSSR count). The molecule has 4 nitrogen and oxygen atoms in total. The van der Waals surface area contributed by atoms with E-state index in [9.17, 15) is 0 Å². The van der Waals surface area contributed by atoms with Crippen molar-refractivity contribution in [2.75, 3.05) is 11.1 Å². The van der Waals surface area contributed by atoms with E-state index in [4.69, 9.17) is 5.73 Å². The summed E-state index contributed by atoms with van der Waals surface area (Å²) in [6.45, 7) is 3.97. The largest absolute Gasteiger partial charge is 0.368 e. The normalized spacial score (nSPS) is 10.3. The maximum Gasteiger partial charge on any atom is 0.221 e. The molecule has 2 aromatic rings. The Morgan fingerprint density at radius 2 is 2.00 bits per heavy atom. The van der Waals surface area contributed by atoms with Gasteiger partial charge in [0.15, 0.2) is 0 Å². The average molecular weight is 293 g/mol. The van der Waals surface area contributed by atoms with Gasteiger partial charge in [0.2, 0.25) is 5.95 Å². The van der Waals surface area contributed by atoms with Crippen LogP contribution in [0.4, 0.5) is 17.5 Å². The summed E-state index contributed by atoms with van der Waals surface area (Å²) in [4.78, 5) is 8.11. The van der Waals surface area contributed by atoms with Gasteiger partial charge in [0.05, 0.1) is 5.69 Å². The molecular formula is C12H13BrN4. The van der Waals surface area contributed by atoms with Gasteiger partial charge in [0.25, 0.3) is 0 Å². The van der Waals surface area contributed by atoms with Crippen molar-refractivity contribution in [3.63, 3.8) is 0 Å². The number of nitrogens with one attached hydrogen (secondary N) is 1. The van der Waals surface area contributed by atoms with E-state index in [0.717, 1.165) is 27.1 Å². The lowest BCUT2D eigenvalue weighted by Gasteiger charge is -2.11. The van der Waals surface area contributed by atoms with E-state index in [-0.39, 0.29) is 5.95 Å². The molecule has 0 spiro atoms. The van der Waals surface area contributed by atoms with E-state index in [0.29, 0.717) is 0 Å². The second kappa shape index (κ2) is 4.71. The Morgan fingerprint density at radius 1 is 1.24 bits per heavy atom. The molecule has 0 aliphatic rings. The first kappa shape index (κ1) is 11.9. The maximum absolute atomic E-state index is 5.58. The van der Waals surface area contributed by atoms with Crippen LogP contribution in [0.15, 0.2) is 28.9 Å². The number of hydrogen-bond acceptors (Lipinski definition) is 4.